The molecule has 2 N–H and O–H groups in total. The van der Waals surface area contributed by atoms with Gasteiger partial charge in [0.05, 0.1) is 5.69 Å². The van der Waals surface area contributed by atoms with Gasteiger partial charge in [-0.3, -0.25) is 4.98 Å². The van der Waals surface area contributed by atoms with Crippen LogP contribution in [-0.4, -0.2) is 37.3 Å². The van der Waals surface area contributed by atoms with Crippen LogP contribution in [0.3, 0.4) is 0 Å². The largest absolute Gasteiger partial charge is 0.330 e. The van der Waals surface area contributed by atoms with Crippen molar-refractivity contribution < 1.29 is 8.42 Å². The number of sulfonamides is 1. The Bertz CT molecular complexity index is 496. The Hall–Kier alpha value is -0.980. The van der Waals surface area contributed by atoms with Crippen LogP contribution < -0.4 is 5.73 Å². The lowest BCUT2D eigenvalue weighted by molar-refractivity contribution is 0.276. The molecule has 1 unspecified atom stereocenters. The minimum Gasteiger partial charge on any atom is -0.330 e. The fourth-order valence-corrected chi connectivity index (χ4v) is 4.00. The van der Waals surface area contributed by atoms with Crippen LogP contribution in [0.25, 0.3) is 0 Å². The lowest BCUT2D eigenvalue weighted by Gasteiger charge is -2.32. The number of nitrogens with zero attached hydrogens (tertiary/aromatic N) is 2. The van der Waals surface area contributed by atoms with Gasteiger partial charge in [0.15, 0.2) is 0 Å². The molecule has 2 heterocycles. The molecule has 1 aromatic rings. The maximum absolute atomic E-state index is 12.5. The highest BCUT2D eigenvalue weighted by Crippen LogP contribution is 2.27. The number of aromatic nitrogens is 1. The predicted octanol–water partition coefficient (Wildman–Crippen LogP) is 1.14. The fraction of sp³-hybridized carbons (Fsp3) is 0.615. The number of piperidine rings is 1. The molecule has 0 radical (unpaired) electrons. The molecule has 0 bridgehead atoms. The molecule has 0 aliphatic carbocycles. The molecule has 1 fully saturated rings. The van der Waals surface area contributed by atoms with Crippen LogP contribution in [0.4, 0.5) is 0 Å². The van der Waals surface area contributed by atoms with Crippen molar-refractivity contribution in [1.29, 1.82) is 0 Å². The van der Waals surface area contributed by atoms with Gasteiger partial charge in [0.25, 0.3) is 0 Å². The van der Waals surface area contributed by atoms with Gasteiger partial charge >= 0.3 is 0 Å². The molecule has 1 saturated heterocycles. The van der Waals surface area contributed by atoms with Crippen molar-refractivity contribution in [3.8, 4) is 0 Å². The third-order valence-electron chi connectivity index (χ3n) is 3.82. The number of pyridine rings is 1. The monoisotopic (exact) mass is 283 g/mol. The summed E-state index contributed by atoms with van der Waals surface area (Å²) in [4.78, 5) is 4.15. The van der Waals surface area contributed by atoms with E-state index in [0.717, 1.165) is 12.8 Å². The average molecular weight is 283 g/mol. The van der Waals surface area contributed by atoms with Crippen LogP contribution in [0.5, 0.6) is 0 Å². The molecular formula is C13H21N3O2S. The molecule has 5 nitrogen and oxygen atoms in total. The zero-order valence-corrected chi connectivity index (χ0v) is 12.0. The summed E-state index contributed by atoms with van der Waals surface area (Å²) in [5, 5.41) is -0.594. The third-order valence-corrected chi connectivity index (χ3v) is 6.04. The number of hydrogen-bond acceptors (Lipinski definition) is 4. The van der Waals surface area contributed by atoms with Gasteiger partial charge in [-0.15, -0.1) is 0 Å². The lowest BCUT2D eigenvalue weighted by Crippen LogP contribution is -2.41. The molecule has 0 saturated carbocycles. The topological polar surface area (TPSA) is 76.3 Å². The van der Waals surface area contributed by atoms with Crippen LogP contribution in [0.1, 0.15) is 30.7 Å². The number of rotatable bonds is 4. The number of nitrogens with two attached hydrogens (primary N) is 1. The molecular weight excluding hydrogens is 262 g/mol. The minimum absolute atomic E-state index is 0.455. The molecule has 0 amide bonds. The summed E-state index contributed by atoms with van der Waals surface area (Å²) in [5.41, 5.74) is 6.23. The molecule has 0 aromatic carbocycles. The van der Waals surface area contributed by atoms with Crippen LogP contribution >= 0.6 is 0 Å². The summed E-state index contributed by atoms with van der Waals surface area (Å²) >= 11 is 0. The smallest absolute Gasteiger partial charge is 0.222 e. The Kier molecular flexibility index (Phi) is 4.54. The van der Waals surface area contributed by atoms with Crippen LogP contribution in [-0.2, 0) is 10.0 Å². The Balaban J connectivity index is 2.11. The van der Waals surface area contributed by atoms with Gasteiger partial charge in [-0.05, 0) is 44.4 Å². The van der Waals surface area contributed by atoms with Crippen molar-refractivity contribution in [3.05, 3.63) is 30.1 Å². The van der Waals surface area contributed by atoms with Gasteiger partial charge in [-0.1, -0.05) is 6.07 Å². The van der Waals surface area contributed by atoms with Gasteiger partial charge in [0.2, 0.25) is 10.0 Å². The van der Waals surface area contributed by atoms with Crippen molar-refractivity contribution in [1.82, 2.24) is 9.29 Å². The van der Waals surface area contributed by atoms with Gasteiger partial charge < -0.3 is 5.73 Å². The molecule has 106 valence electrons. The van der Waals surface area contributed by atoms with E-state index in [0.29, 0.717) is 31.2 Å². The van der Waals surface area contributed by atoms with E-state index in [1.807, 2.05) is 6.07 Å². The van der Waals surface area contributed by atoms with Gasteiger partial charge in [-0.25, -0.2) is 12.7 Å². The van der Waals surface area contributed by atoms with E-state index in [1.165, 1.54) is 0 Å². The van der Waals surface area contributed by atoms with Crippen molar-refractivity contribution in [2.75, 3.05) is 19.6 Å². The maximum atomic E-state index is 12.5. The SMILES string of the molecule is CC(c1ccccn1)S(=O)(=O)N1CCC(CN)CC1. The predicted molar refractivity (Wildman–Crippen MR) is 74.9 cm³/mol. The van der Waals surface area contributed by atoms with Crippen LogP contribution in [0.15, 0.2) is 24.4 Å². The van der Waals surface area contributed by atoms with Crippen molar-refractivity contribution in [3.63, 3.8) is 0 Å². The molecule has 0 spiro atoms. The van der Waals surface area contributed by atoms with Gasteiger partial charge in [-0.2, -0.15) is 0 Å². The average Bonchev–Trinajstić information content (AvgIpc) is 2.47. The second-order valence-electron chi connectivity index (χ2n) is 5.02. The maximum Gasteiger partial charge on any atom is 0.222 e. The Morgan fingerprint density at radius 2 is 2.11 bits per heavy atom. The molecule has 19 heavy (non-hydrogen) atoms. The fourth-order valence-electron chi connectivity index (χ4n) is 2.39. The summed E-state index contributed by atoms with van der Waals surface area (Å²) in [6.07, 6.45) is 3.33. The van der Waals surface area contributed by atoms with E-state index >= 15 is 0 Å². The van der Waals surface area contributed by atoms with Gasteiger partial charge in [0, 0.05) is 19.3 Å². The standard InChI is InChI=1S/C13H21N3O2S/c1-11(13-4-2-3-7-15-13)19(17,18)16-8-5-12(10-14)6-9-16/h2-4,7,11-12H,5-6,8-10,14H2,1H3. The van der Waals surface area contributed by atoms with Crippen LogP contribution in [0.2, 0.25) is 0 Å². The van der Waals surface area contributed by atoms with E-state index in [1.54, 1.807) is 29.6 Å². The first-order chi connectivity index (χ1) is 9.05. The van der Waals surface area contributed by atoms with Crippen molar-refractivity contribution >= 4 is 10.0 Å². The molecule has 6 heteroatoms. The van der Waals surface area contributed by atoms with E-state index < -0.39 is 15.3 Å². The summed E-state index contributed by atoms with van der Waals surface area (Å²) in [6.45, 7) is 3.49. The van der Waals surface area contributed by atoms with Crippen molar-refractivity contribution in [2.45, 2.75) is 25.0 Å². The Labute approximate surface area is 114 Å². The molecule has 1 atom stereocenters. The second-order valence-corrected chi connectivity index (χ2v) is 7.27. The highest BCUT2D eigenvalue weighted by molar-refractivity contribution is 7.89. The highest BCUT2D eigenvalue weighted by atomic mass is 32.2. The Morgan fingerprint density at radius 3 is 2.63 bits per heavy atom. The first-order valence-corrected chi connectivity index (χ1v) is 8.16. The van der Waals surface area contributed by atoms with Gasteiger partial charge in [0.1, 0.15) is 5.25 Å². The normalized spacial score (nSPS) is 20.3. The Morgan fingerprint density at radius 1 is 1.42 bits per heavy atom. The first kappa shape index (κ1) is 14.4. The molecule has 1 aliphatic rings. The van der Waals surface area contributed by atoms with E-state index in [9.17, 15) is 8.42 Å². The summed E-state index contributed by atoms with van der Waals surface area (Å²) in [6, 6.07) is 5.36. The van der Waals surface area contributed by atoms with E-state index in [4.69, 9.17) is 5.73 Å². The first-order valence-electron chi connectivity index (χ1n) is 6.65. The number of hydrogen-bond donors (Lipinski definition) is 1. The minimum atomic E-state index is -3.32. The zero-order valence-electron chi connectivity index (χ0n) is 11.2. The third kappa shape index (κ3) is 3.13. The van der Waals surface area contributed by atoms with E-state index in [-0.39, 0.29) is 0 Å². The molecule has 1 aliphatic heterocycles. The molecule has 2 rings (SSSR count). The quantitative estimate of drug-likeness (QED) is 0.899. The zero-order chi connectivity index (χ0) is 13.9. The summed E-state index contributed by atoms with van der Waals surface area (Å²) < 4.78 is 26.7. The van der Waals surface area contributed by atoms with E-state index in [2.05, 4.69) is 4.98 Å². The lowest BCUT2D eigenvalue weighted by atomic mass is 9.99. The van der Waals surface area contributed by atoms with Crippen molar-refractivity contribution in [2.24, 2.45) is 11.7 Å². The highest BCUT2D eigenvalue weighted by Gasteiger charge is 2.33. The molecule has 1 aromatic heterocycles. The summed E-state index contributed by atoms with van der Waals surface area (Å²) in [5.74, 6) is 0.455. The second kappa shape index (κ2) is 5.98. The van der Waals surface area contributed by atoms with Crippen LogP contribution in [0, 0.1) is 5.92 Å². The summed E-state index contributed by atoms with van der Waals surface area (Å²) in [7, 11) is -3.32.